The van der Waals surface area contributed by atoms with Crippen molar-refractivity contribution in [1.82, 2.24) is 10.2 Å². The summed E-state index contributed by atoms with van der Waals surface area (Å²) in [6.45, 7) is 0.768. The summed E-state index contributed by atoms with van der Waals surface area (Å²) < 4.78 is 37.1. The molecule has 8 heteroatoms. The van der Waals surface area contributed by atoms with Gasteiger partial charge in [-0.2, -0.15) is 13.2 Å². The Morgan fingerprint density at radius 1 is 1.33 bits per heavy atom. The van der Waals surface area contributed by atoms with Crippen LogP contribution in [0.4, 0.5) is 18.9 Å². The minimum Gasteiger partial charge on any atom is -0.383 e. The van der Waals surface area contributed by atoms with Gasteiger partial charge in [-0.3, -0.25) is 9.59 Å². The van der Waals surface area contributed by atoms with Gasteiger partial charge in [0.25, 0.3) is 0 Å². The van der Waals surface area contributed by atoms with Crippen molar-refractivity contribution in [3.63, 3.8) is 0 Å². The monoisotopic (exact) mass is 343 g/mol. The number of nitrogens with one attached hydrogen (secondary N) is 2. The average Bonchev–Trinajstić information content (AvgIpc) is 2.85. The van der Waals surface area contributed by atoms with E-state index in [0.717, 1.165) is 5.69 Å². The molecule has 2 rings (SSSR count). The number of alkyl halides is 3. The SMILES string of the molecule is C[C@@H](CNc1ccccc1)NC(=O)[C@@H]1CC(=O)N(CC(F)(F)F)C1. The maximum Gasteiger partial charge on any atom is 0.406 e. The highest BCUT2D eigenvalue weighted by atomic mass is 19.4. The van der Waals surface area contributed by atoms with E-state index < -0.39 is 30.5 Å². The van der Waals surface area contributed by atoms with Crippen LogP contribution in [0, 0.1) is 5.92 Å². The van der Waals surface area contributed by atoms with E-state index in [9.17, 15) is 22.8 Å². The molecule has 0 radical (unpaired) electrons. The smallest absolute Gasteiger partial charge is 0.383 e. The van der Waals surface area contributed by atoms with Crippen molar-refractivity contribution < 1.29 is 22.8 Å². The molecule has 24 heavy (non-hydrogen) atoms. The Kier molecular flexibility index (Phi) is 5.69. The molecule has 1 aliphatic rings. The summed E-state index contributed by atoms with van der Waals surface area (Å²) in [5, 5.41) is 5.88. The van der Waals surface area contributed by atoms with Crippen LogP contribution in [0.1, 0.15) is 13.3 Å². The Morgan fingerprint density at radius 2 is 2.00 bits per heavy atom. The second-order valence-corrected chi connectivity index (χ2v) is 5.95. The van der Waals surface area contributed by atoms with Crippen LogP contribution in [0.2, 0.25) is 0 Å². The molecular formula is C16H20F3N3O2. The van der Waals surface area contributed by atoms with E-state index >= 15 is 0 Å². The third-order valence-corrected chi connectivity index (χ3v) is 3.73. The molecule has 132 valence electrons. The number of amides is 2. The van der Waals surface area contributed by atoms with Gasteiger partial charge in [0, 0.05) is 31.2 Å². The number of nitrogens with zero attached hydrogens (tertiary/aromatic N) is 1. The van der Waals surface area contributed by atoms with E-state index in [1.54, 1.807) is 6.92 Å². The number of rotatable bonds is 6. The summed E-state index contributed by atoms with van der Waals surface area (Å²) in [4.78, 5) is 24.4. The van der Waals surface area contributed by atoms with Crippen molar-refractivity contribution in [3.8, 4) is 0 Å². The van der Waals surface area contributed by atoms with Gasteiger partial charge < -0.3 is 15.5 Å². The lowest BCUT2D eigenvalue weighted by Crippen LogP contribution is -2.42. The zero-order chi connectivity index (χ0) is 17.7. The Balaban J connectivity index is 1.79. The van der Waals surface area contributed by atoms with Crippen molar-refractivity contribution in [2.75, 3.05) is 25.0 Å². The van der Waals surface area contributed by atoms with Gasteiger partial charge in [-0.15, -0.1) is 0 Å². The second-order valence-electron chi connectivity index (χ2n) is 5.95. The van der Waals surface area contributed by atoms with Gasteiger partial charge >= 0.3 is 6.18 Å². The summed E-state index contributed by atoms with van der Waals surface area (Å²) in [5.41, 5.74) is 0.908. The van der Waals surface area contributed by atoms with Crippen LogP contribution in [-0.2, 0) is 9.59 Å². The molecule has 1 fully saturated rings. The standard InChI is InChI=1S/C16H20F3N3O2/c1-11(8-20-13-5-3-2-4-6-13)21-15(24)12-7-14(23)22(9-12)10-16(17,18)19/h2-6,11-12,20H,7-10H2,1H3,(H,21,24)/t11-,12+/m0/s1. The van der Waals surface area contributed by atoms with Crippen molar-refractivity contribution in [2.45, 2.75) is 25.6 Å². The molecule has 1 aromatic carbocycles. The quantitative estimate of drug-likeness (QED) is 0.831. The van der Waals surface area contributed by atoms with E-state index in [0.29, 0.717) is 11.4 Å². The number of hydrogen-bond donors (Lipinski definition) is 2. The van der Waals surface area contributed by atoms with Crippen LogP contribution in [0.5, 0.6) is 0 Å². The number of carbonyl (C=O) groups excluding carboxylic acids is 2. The molecular weight excluding hydrogens is 323 g/mol. The lowest BCUT2D eigenvalue weighted by Gasteiger charge is -2.20. The molecule has 0 aromatic heterocycles. The van der Waals surface area contributed by atoms with Gasteiger partial charge in [0.15, 0.2) is 0 Å². The minimum atomic E-state index is -4.45. The number of anilines is 1. The zero-order valence-corrected chi connectivity index (χ0v) is 13.3. The molecule has 1 aliphatic heterocycles. The Morgan fingerprint density at radius 3 is 2.62 bits per heavy atom. The van der Waals surface area contributed by atoms with Crippen LogP contribution in [0.3, 0.4) is 0 Å². The summed E-state index contributed by atoms with van der Waals surface area (Å²) >= 11 is 0. The molecule has 1 aromatic rings. The normalized spacial score (nSPS) is 19.2. The molecule has 2 amide bonds. The van der Waals surface area contributed by atoms with Gasteiger partial charge in [0.05, 0.1) is 5.92 Å². The van der Waals surface area contributed by atoms with Crippen LogP contribution in [-0.4, -0.2) is 48.6 Å². The minimum absolute atomic E-state index is 0.180. The number of benzene rings is 1. The lowest BCUT2D eigenvalue weighted by atomic mass is 10.1. The van der Waals surface area contributed by atoms with Gasteiger partial charge in [-0.1, -0.05) is 18.2 Å². The number of likely N-dealkylation sites (tertiary alicyclic amines) is 1. The molecule has 0 saturated carbocycles. The first kappa shape index (κ1) is 18.1. The third-order valence-electron chi connectivity index (χ3n) is 3.73. The largest absolute Gasteiger partial charge is 0.406 e. The molecule has 1 heterocycles. The summed E-state index contributed by atoms with van der Waals surface area (Å²) in [7, 11) is 0. The first-order valence-electron chi connectivity index (χ1n) is 7.68. The predicted octanol–water partition coefficient (Wildman–Crippen LogP) is 2.01. The number of carbonyl (C=O) groups is 2. The summed E-state index contributed by atoms with van der Waals surface area (Å²) in [6, 6.07) is 9.21. The van der Waals surface area contributed by atoms with Crippen LogP contribution in [0.25, 0.3) is 0 Å². The van der Waals surface area contributed by atoms with E-state index in [1.807, 2.05) is 30.3 Å². The molecule has 2 atom stereocenters. The van der Waals surface area contributed by atoms with Gasteiger partial charge in [-0.25, -0.2) is 0 Å². The highest BCUT2D eigenvalue weighted by Crippen LogP contribution is 2.24. The zero-order valence-electron chi connectivity index (χ0n) is 13.3. The molecule has 1 saturated heterocycles. The van der Waals surface area contributed by atoms with E-state index in [-0.39, 0.29) is 19.0 Å². The molecule has 0 spiro atoms. The number of hydrogen-bond acceptors (Lipinski definition) is 3. The molecule has 0 bridgehead atoms. The maximum absolute atomic E-state index is 12.4. The number of halogens is 3. The van der Waals surface area contributed by atoms with E-state index in [4.69, 9.17) is 0 Å². The second kappa shape index (κ2) is 7.55. The summed E-state index contributed by atoms with van der Waals surface area (Å²) in [5.74, 6) is -1.77. The van der Waals surface area contributed by atoms with Crippen LogP contribution in [0.15, 0.2) is 30.3 Å². The van der Waals surface area contributed by atoms with Crippen molar-refractivity contribution in [2.24, 2.45) is 5.92 Å². The highest BCUT2D eigenvalue weighted by molar-refractivity contribution is 5.89. The van der Waals surface area contributed by atoms with Gasteiger partial charge in [0.2, 0.25) is 11.8 Å². The topological polar surface area (TPSA) is 61.4 Å². The Hall–Kier alpha value is -2.25. The van der Waals surface area contributed by atoms with Crippen LogP contribution >= 0.6 is 0 Å². The van der Waals surface area contributed by atoms with Crippen molar-refractivity contribution >= 4 is 17.5 Å². The van der Waals surface area contributed by atoms with Gasteiger partial charge in [-0.05, 0) is 19.1 Å². The van der Waals surface area contributed by atoms with Crippen LogP contribution < -0.4 is 10.6 Å². The fourth-order valence-electron chi connectivity index (χ4n) is 2.56. The van der Waals surface area contributed by atoms with E-state index in [2.05, 4.69) is 10.6 Å². The predicted molar refractivity (Wildman–Crippen MR) is 83.3 cm³/mol. The molecule has 5 nitrogen and oxygen atoms in total. The lowest BCUT2D eigenvalue weighted by molar-refractivity contribution is -0.157. The fourth-order valence-corrected chi connectivity index (χ4v) is 2.56. The van der Waals surface area contributed by atoms with E-state index in [1.165, 1.54) is 0 Å². The van der Waals surface area contributed by atoms with Crippen molar-refractivity contribution in [1.29, 1.82) is 0 Å². The Bertz CT molecular complexity index is 578. The fraction of sp³-hybridized carbons (Fsp3) is 0.500. The number of para-hydroxylation sites is 1. The molecule has 0 aliphatic carbocycles. The van der Waals surface area contributed by atoms with Crippen molar-refractivity contribution in [3.05, 3.63) is 30.3 Å². The van der Waals surface area contributed by atoms with Gasteiger partial charge in [0.1, 0.15) is 6.54 Å². The summed E-state index contributed by atoms with van der Waals surface area (Å²) in [6.07, 6.45) is -4.63. The highest BCUT2D eigenvalue weighted by Gasteiger charge is 2.40. The first-order valence-corrected chi connectivity index (χ1v) is 7.68. The maximum atomic E-state index is 12.4. The molecule has 2 N–H and O–H groups in total. The first-order chi connectivity index (χ1) is 11.2. The average molecular weight is 343 g/mol. The molecule has 0 unspecified atom stereocenters. The Labute approximate surface area is 138 Å². The third kappa shape index (κ3) is 5.43.